The van der Waals surface area contributed by atoms with Crippen molar-refractivity contribution >= 4 is 0 Å². The number of ether oxygens (including phenoxy) is 2. The van der Waals surface area contributed by atoms with Crippen molar-refractivity contribution in [3.05, 3.63) is 0 Å². The first-order chi connectivity index (χ1) is 5.83. The summed E-state index contributed by atoms with van der Waals surface area (Å²) in [6.07, 6.45) is 9.33. The summed E-state index contributed by atoms with van der Waals surface area (Å²) in [6, 6.07) is 0. The zero-order chi connectivity index (χ0) is 8.86. The topological polar surface area (TPSA) is 18.5 Å². The number of hydrogen-bond acceptors (Lipinski definition) is 2. The van der Waals surface area contributed by atoms with Gasteiger partial charge in [-0.05, 0) is 18.8 Å². The van der Waals surface area contributed by atoms with Gasteiger partial charge in [-0.3, -0.25) is 0 Å². The van der Waals surface area contributed by atoms with E-state index in [1.807, 2.05) is 0 Å². The Hall–Kier alpha value is -0.520. The highest BCUT2D eigenvalue weighted by Gasteiger charge is 2.31. The molecule has 1 fully saturated rings. The van der Waals surface area contributed by atoms with E-state index >= 15 is 0 Å². The molecule has 1 aliphatic heterocycles. The normalized spacial score (nSPS) is 21.7. The Labute approximate surface area is 74.2 Å². The first kappa shape index (κ1) is 9.57. The molecule has 0 unspecified atom stereocenters. The number of unbranched alkanes of at least 4 members (excludes halogenated alkanes) is 1. The van der Waals surface area contributed by atoms with Crippen LogP contribution in [0.15, 0.2) is 0 Å². The predicted octanol–water partition coefficient (Wildman–Crippen LogP) is 1.94. The molecule has 0 radical (unpaired) electrons. The van der Waals surface area contributed by atoms with Gasteiger partial charge in [0, 0.05) is 6.42 Å². The molecule has 0 atom stereocenters. The molecule has 1 rings (SSSR count). The highest BCUT2D eigenvalue weighted by atomic mass is 16.7. The molecular weight excluding hydrogens is 152 g/mol. The quantitative estimate of drug-likeness (QED) is 0.599. The molecule has 0 aromatic heterocycles. The summed E-state index contributed by atoms with van der Waals surface area (Å²) in [5.41, 5.74) is 0. The molecule has 0 amide bonds. The minimum absolute atomic E-state index is 0.700. The third kappa shape index (κ3) is 2.23. The van der Waals surface area contributed by atoms with Gasteiger partial charge < -0.3 is 9.47 Å². The van der Waals surface area contributed by atoms with Crippen LogP contribution in [-0.4, -0.2) is 19.0 Å². The van der Waals surface area contributed by atoms with Crippen molar-refractivity contribution in [3.63, 3.8) is 0 Å². The van der Waals surface area contributed by atoms with E-state index < -0.39 is 5.79 Å². The third-order valence-electron chi connectivity index (χ3n) is 2.04. The van der Waals surface area contributed by atoms with Crippen molar-refractivity contribution in [3.8, 4) is 12.3 Å². The fraction of sp³-hybridized carbons (Fsp3) is 0.800. The molecule has 0 N–H and O–H groups in total. The fourth-order valence-electron chi connectivity index (χ4n) is 1.28. The second-order valence-corrected chi connectivity index (χ2v) is 3.05. The maximum Gasteiger partial charge on any atom is 0.233 e. The van der Waals surface area contributed by atoms with Gasteiger partial charge in [0.05, 0.1) is 13.2 Å². The minimum atomic E-state index is -0.700. The summed E-state index contributed by atoms with van der Waals surface area (Å²) in [6.45, 7) is 3.59. The number of hydrogen-bond donors (Lipinski definition) is 0. The maximum atomic E-state index is 5.46. The second kappa shape index (κ2) is 4.49. The molecule has 0 saturated carbocycles. The molecule has 12 heavy (non-hydrogen) atoms. The molecule has 1 saturated heterocycles. The van der Waals surface area contributed by atoms with E-state index in [1.54, 1.807) is 0 Å². The number of terminal acetylenes is 1. The summed E-state index contributed by atoms with van der Waals surface area (Å²) in [4.78, 5) is 0. The van der Waals surface area contributed by atoms with Gasteiger partial charge in [0.2, 0.25) is 5.79 Å². The highest BCUT2D eigenvalue weighted by Crippen LogP contribution is 2.23. The lowest BCUT2D eigenvalue weighted by atomic mass is 10.1. The molecule has 0 bridgehead atoms. The summed E-state index contributed by atoms with van der Waals surface area (Å²) in [7, 11) is 0. The van der Waals surface area contributed by atoms with Crippen LogP contribution in [0.3, 0.4) is 0 Å². The van der Waals surface area contributed by atoms with Crippen LogP contribution in [0, 0.1) is 12.3 Å². The lowest BCUT2D eigenvalue weighted by Gasteiger charge is -2.32. The van der Waals surface area contributed by atoms with Gasteiger partial charge in [0.15, 0.2) is 0 Å². The van der Waals surface area contributed by atoms with Crippen LogP contribution >= 0.6 is 0 Å². The standard InChI is InChI=1S/C10H16O2/c1-3-5-7-10(4-2)11-8-6-9-12-10/h2H,3,5-9H2,1H3. The van der Waals surface area contributed by atoms with Crippen LogP contribution < -0.4 is 0 Å². The van der Waals surface area contributed by atoms with E-state index in [-0.39, 0.29) is 0 Å². The summed E-state index contributed by atoms with van der Waals surface area (Å²) < 4.78 is 10.9. The van der Waals surface area contributed by atoms with Gasteiger partial charge in [-0.1, -0.05) is 13.3 Å². The van der Waals surface area contributed by atoms with Crippen LogP contribution in [0.25, 0.3) is 0 Å². The van der Waals surface area contributed by atoms with Gasteiger partial charge >= 0.3 is 0 Å². The summed E-state index contributed by atoms with van der Waals surface area (Å²) >= 11 is 0. The molecule has 0 aromatic rings. The van der Waals surface area contributed by atoms with Gasteiger partial charge in [-0.25, -0.2) is 0 Å². The van der Waals surface area contributed by atoms with E-state index in [1.165, 1.54) is 0 Å². The van der Waals surface area contributed by atoms with Crippen molar-refractivity contribution in [2.45, 2.75) is 38.4 Å². The average molecular weight is 168 g/mol. The van der Waals surface area contributed by atoms with Crippen molar-refractivity contribution in [2.24, 2.45) is 0 Å². The van der Waals surface area contributed by atoms with Crippen LogP contribution in [-0.2, 0) is 9.47 Å². The summed E-state index contributed by atoms with van der Waals surface area (Å²) in [5, 5.41) is 0. The molecule has 68 valence electrons. The smallest absolute Gasteiger partial charge is 0.233 e. The Kier molecular flexibility index (Phi) is 3.58. The van der Waals surface area contributed by atoms with E-state index in [2.05, 4.69) is 12.8 Å². The SMILES string of the molecule is C#CC1(CCCC)OCCCO1. The Morgan fingerprint density at radius 1 is 1.42 bits per heavy atom. The molecule has 2 heteroatoms. The molecular formula is C10H16O2. The van der Waals surface area contributed by atoms with E-state index in [0.29, 0.717) is 0 Å². The van der Waals surface area contributed by atoms with Crippen LogP contribution in [0.1, 0.15) is 32.6 Å². The monoisotopic (exact) mass is 168 g/mol. The Morgan fingerprint density at radius 2 is 2.08 bits per heavy atom. The van der Waals surface area contributed by atoms with E-state index in [9.17, 15) is 0 Å². The maximum absolute atomic E-state index is 5.46. The van der Waals surface area contributed by atoms with Gasteiger partial charge in [-0.15, -0.1) is 6.42 Å². The van der Waals surface area contributed by atoms with Crippen molar-refractivity contribution in [2.75, 3.05) is 13.2 Å². The molecule has 1 aliphatic rings. The van der Waals surface area contributed by atoms with Crippen LogP contribution in [0.4, 0.5) is 0 Å². The van der Waals surface area contributed by atoms with Crippen molar-refractivity contribution in [1.82, 2.24) is 0 Å². The van der Waals surface area contributed by atoms with Gasteiger partial charge in [0.25, 0.3) is 0 Å². The van der Waals surface area contributed by atoms with E-state index in [4.69, 9.17) is 15.9 Å². The van der Waals surface area contributed by atoms with Gasteiger partial charge in [-0.2, -0.15) is 0 Å². The fourth-order valence-corrected chi connectivity index (χ4v) is 1.28. The first-order valence-corrected chi connectivity index (χ1v) is 4.58. The average Bonchev–Trinajstić information content (AvgIpc) is 2.16. The highest BCUT2D eigenvalue weighted by molar-refractivity contribution is 5.03. The number of rotatable bonds is 3. The molecule has 0 spiro atoms. The largest absolute Gasteiger partial charge is 0.340 e. The van der Waals surface area contributed by atoms with Crippen LogP contribution in [0.2, 0.25) is 0 Å². The lowest BCUT2D eigenvalue weighted by molar-refractivity contribution is -0.233. The molecule has 0 aliphatic carbocycles. The second-order valence-electron chi connectivity index (χ2n) is 3.05. The Bertz CT molecular complexity index is 163. The zero-order valence-corrected chi connectivity index (χ0v) is 7.64. The molecule has 1 heterocycles. The van der Waals surface area contributed by atoms with Crippen molar-refractivity contribution < 1.29 is 9.47 Å². The Balaban J connectivity index is 2.44. The lowest BCUT2D eigenvalue weighted by Crippen LogP contribution is -2.39. The molecule has 2 nitrogen and oxygen atoms in total. The first-order valence-electron chi connectivity index (χ1n) is 4.58. The zero-order valence-electron chi connectivity index (χ0n) is 7.64. The summed E-state index contributed by atoms with van der Waals surface area (Å²) in [5.74, 6) is 1.91. The minimum Gasteiger partial charge on any atom is -0.340 e. The van der Waals surface area contributed by atoms with Crippen LogP contribution in [0.5, 0.6) is 0 Å². The Morgan fingerprint density at radius 3 is 2.58 bits per heavy atom. The predicted molar refractivity (Wildman–Crippen MR) is 47.6 cm³/mol. The molecule has 0 aromatic carbocycles. The van der Waals surface area contributed by atoms with Crippen molar-refractivity contribution in [1.29, 1.82) is 0 Å². The van der Waals surface area contributed by atoms with Gasteiger partial charge in [0.1, 0.15) is 0 Å². The third-order valence-corrected chi connectivity index (χ3v) is 2.04. The van der Waals surface area contributed by atoms with E-state index in [0.717, 1.165) is 38.9 Å².